The van der Waals surface area contributed by atoms with Gasteiger partial charge in [-0.3, -0.25) is 4.90 Å². The fraction of sp³-hybridized carbons (Fsp3) is 1.00. The van der Waals surface area contributed by atoms with Gasteiger partial charge >= 0.3 is 0 Å². The first kappa shape index (κ1) is 7.60. The number of nitrogens with zero attached hydrogens (tertiary/aromatic N) is 1. The molecule has 2 rings (SSSR count). The lowest BCUT2D eigenvalue weighted by Crippen LogP contribution is -2.29. The van der Waals surface area contributed by atoms with Crippen LogP contribution in [-0.4, -0.2) is 23.5 Å². The van der Waals surface area contributed by atoms with Gasteiger partial charge in [0.25, 0.3) is 0 Å². The molecule has 2 heterocycles. The summed E-state index contributed by atoms with van der Waals surface area (Å²) in [6, 6.07) is 1.98. The van der Waals surface area contributed by atoms with E-state index in [9.17, 15) is 0 Å². The van der Waals surface area contributed by atoms with Crippen LogP contribution in [0.25, 0.3) is 0 Å². The average molecular weight is 153 g/mol. The van der Waals surface area contributed by atoms with Crippen molar-refractivity contribution < 1.29 is 0 Å². The molecule has 0 aromatic rings. The molecule has 0 N–H and O–H groups in total. The van der Waals surface area contributed by atoms with E-state index < -0.39 is 0 Å². The molecule has 11 heavy (non-hydrogen) atoms. The summed E-state index contributed by atoms with van der Waals surface area (Å²) in [5.41, 5.74) is 0. The van der Waals surface area contributed by atoms with Crippen LogP contribution in [-0.2, 0) is 0 Å². The molecular formula is C10H19N. The molecule has 2 saturated heterocycles. The molecule has 0 aromatic heterocycles. The van der Waals surface area contributed by atoms with Gasteiger partial charge in [0.2, 0.25) is 0 Å². The molecule has 0 atom stereocenters. The second-order valence-corrected chi connectivity index (χ2v) is 4.05. The summed E-state index contributed by atoms with van der Waals surface area (Å²) in [4.78, 5) is 2.77. The van der Waals surface area contributed by atoms with Crippen molar-refractivity contribution in [3.63, 3.8) is 0 Å². The number of hydrogen-bond donors (Lipinski definition) is 0. The van der Waals surface area contributed by atoms with Crippen LogP contribution in [0.5, 0.6) is 0 Å². The van der Waals surface area contributed by atoms with Gasteiger partial charge in [-0.2, -0.15) is 0 Å². The minimum Gasteiger partial charge on any atom is -0.297 e. The highest BCUT2D eigenvalue weighted by atomic mass is 15.2. The lowest BCUT2D eigenvalue weighted by molar-refractivity contribution is 0.249. The van der Waals surface area contributed by atoms with Crippen molar-refractivity contribution in [1.29, 1.82) is 0 Å². The first-order valence-corrected chi connectivity index (χ1v) is 5.17. The van der Waals surface area contributed by atoms with Crippen LogP contribution >= 0.6 is 0 Å². The Morgan fingerprint density at radius 1 is 1.09 bits per heavy atom. The van der Waals surface area contributed by atoms with Crippen molar-refractivity contribution in [3.05, 3.63) is 0 Å². The molecule has 64 valence electrons. The minimum absolute atomic E-state index is 0.992. The van der Waals surface area contributed by atoms with E-state index >= 15 is 0 Å². The predicted molar refractivity (Wildman–Crippen MR) is 47.7 cm³/mol. The van der Waals surface area contributed by atoms with E-state index in [2.05, 4.69) is 11.8 Å². The Labute approximate surface area is 69.8 Å². The maximum atomic E-state index is 2.77. The number of rotatable bonds is 3. The van der Waals surface area contributed by atoms with Crippen molar-refractivity contribution in [2.75, 3.05) is 6.54 Å². The van der Waals surface area contributed by atoms with Gasteiger partial charge in [0.05, 0.1) is 0 Å². The van der Waals surface area contributed by atoms with Gasteiger partial charge in [-0.1, -0.05) is 13.3 Å². The van der Waals surface area contributed by atoms with Crippen molar-refractivity contribution in [1.82, 2.24) is 4.90 Å². The number of fused-ring (bicyclic) bond motifs is 2. The third-order valence-electron chi connectivity index (χ3n) is 3.37. The summed E-state index contributed by atoms with van der Waals surface area (Å²) >= 11 is 0. The lowest BCUT2D eigenvalue weighted by Gasteiger charge is -2.20. The molecule has 2 aliphatic heterocycles. The molecule has 1 heteroatoms. The van der Waals surface area contributed by atoms with Crippen LogP contribution in [0.2, 0.25) is 0 Å². The van der Waals surface area contributed by atoms with E-state index in [1.807, 2.05) is 0 Å². The fourth-order valence-electron chi connectivity index (χ4n) is 2.73. The van der Waals surface area contributed by atoms with Crippen LogP contribution in [0.15, 0.2) is 0 Å². The first-order chi connectivity index (χ1) is 5.42. The largest absolute Gasteiger partial charge is 0.297 e. The Morgan fingerprint density at radius 2 is 1.64 bits per heavy atom. The van der Waals surface area contributed by atoms with Crippen LogP contribution in [0.3, 0.4) is 0 Å². The summed E-state index contributed by atoms with van der Waals surface area (Å²) < 4.78 is 0. The van der Waals surface area contributed by atoms with Crippen LogP contribution in [0.1, 0.15) is 45.4 Å². The molecule has 0 unspecified atom stereocenters. The van der Waals surface area contributed by atoms with Crippen molar-refractivity contribution in [2.24, 2.45) is 0 Å². The monoisotopic (exact) mass is 153 g/mol. The molecule has 1 nitrogen and oxygen atoms in total. The van der Waals surface area contributed by atoms with Crippen LogP contribution in [0, 0.1) is 0 Å². The Morgan fingerprint density at radius 3 is 2.09 bits per heavy atom. The maximum absolute atomic E-state index is 2.77. The molecular weight excluding hydrogens is 134 g/mol. The van der Waals surface area contributed by atoms with Crippen molar-refractivity contribution in [2.45, 2.75) is 57.5 Å². The summed E-state index contributed by atoms with van der Waals surface area (Å²) in [6.07, 6.45) is 8.74. The third-order valence-corrected chi connectivity index (χ3v) is 3.37. The van der Waals surface area contributed by atoms with Crippen molar-refractivity contribution >= 4 is 0 Å². The highest BCUT2D eigenvalue weighted by Gasteiger charge is 2.38. The minimum atomic E-state index is 0.992. The van der Waals surface area contributed by atoms with E-state index in [-0.39, 0.29) is 0 Å². The topological polar surface area (TPSA) is 3.24 Å². The lowest BCUT2D eigenvalue weighted by atomic mass is 10.0. The smallest absolute Gasteiger partial charge is 0.00993 e. The second-order valence-electron chi connectivity index (χ2n) is 4.05. The second kappa shape index (κ2) is 3.14. The highest BCUT2D eigenvalue weighted by Crippen LogP contribution is 2.37. The summed E-state index contributed by atoms with van der Waals surface area (Å²) in [5.74, 6) is 0. The van der Waals surface area contributed by atoms with Gasteiger partial charge in [0.15, 0.2) is 0 Å². The van der Waals surface area contributed by atoms with Gasteiger partial charge in [0.1, 0.15) is 0 Å². The Kier molecular flexibility index (Phi) is 2.17. The van der Waals surface area contributed by atoms with E-state index in [0.29, 0.717) is 0 Å². The molecule has 2 aliphatic rings. The molecule has 0 radical (unpaired) electrons. The van der Waals surface area contributed by atoms with Gasteiger partial charge in [-0.25, -0.2) is 0 Å². The zero-order valence-electron chi connectivity index (χ0n) is 7.55. The van der Waals surface area contributed by atoms with Crippen molar-refractivity contribution in [3.8, 4) is 0 Å². The number of unbranched alkanes of at least 4 members (excludes halogenated alkanes) is 1. The third kappa shape index (κ3) is 1.31. The number of hydrogen-bond acceptors (Lipinski definition) is 1. The zero-order chi connectivity index (χ0) is 7.68. The predicted octanol–water partition coefficient (Wildman–Crippen LogP) is 2.41. The van der Waals surface area contributed by atoms with Gasteiger partial charge in [0, 0.05) is 12.1 Å². The first-order valence-electron chi connectivity index (χ1n) is 5.17. The van der Waals surface area contributed by atoms with Gasteiger partial charge < -0.3 is 0 Å². The van der Waals surface area contributed by atoms with E-state index in [1.165, 1.54) is 45.1 Å². The molecule has 2 fully saturated rings. The molecule has 0 amide bonds. The average Bonchev–Trinajstić information content (AvgIpc) is 2.59. The van der Waals surface area contributed by atoms with E-state index in [1.54, 1.807) is 0 Å². The quantitative estimate of drug-likeness (QED) is 0.602. The Balaban J connectivity index is 1.84. The maximum Gasteiger partial charge on any atom is 0.00993 e. The summed E-state index contributed by atoms with van der Waals surface area (Å²) in [6.45, 7) is 3.67. The van der Waals surface area contributed by atoms with Crippen LogP contribution in [0.4, 0.5) is 0 Å². The molecule has 0 saturated carbocycles. The zero-order valence-corrected chi connectivity index (χ0v) is 7.55. The summed E-state index contributed by atoms with van der Waals surface area (Å²) in [5, 5.41) is 0. The van der Waals surface area contributed by atoms with E-state index in [4.69, 9.17) is 0 Å². The molecule has 0 aromatic carbocycles. The molecule has 2 bridgehead atoms. The Hall–Kier alpha value is -0.0400. The standard InChI is InChI=1S/C10H19N/c1-2-3-8-11-9-4-5-10(11)7-6-9/h9-10H,2-8H2,1H3. The van der Waals surface area contributed by atoms with Gasteiger partial charge in [-0.05, 0) is 38.6 Å². The highest BCUT2D eigenvalue weighted by molar-refractivity contribution is 4.94. The molecule has 0 spiro atoms. The van der Waals surface area contributed by atoms with Crippen LogP contribution < -0.4 is 0 Å². The summed E-state index contributed by atoms with van der Waals surface area (Å²) in [7, 11) is 0. The fourth-order valence-corrected chi connectivity index (χ4v) is 2.73. The normalized spacial score (nSPS) is 36.8. The van der Waals surface area contributed by atoms with Gasteiger partial charge in [-0.15, -0.1) is 0 Å². The Bertz CT molecular complexity index is 113. The van der Waals surface area contributed by atoms with E-state index in [0.717, 1.165) is 12.1 Å². The molecule has 0 aliphatic carbocycles. The SMILES string of the molecule is CCCCN1C2CCC1CC2.